The molecule has 1 heterocycles. The monoisotopic (exact) mass is 202 g/mol. The summed E-state index contributed by atoms with van der Waals surface area (Å²) in [5.74, 6) is 0. The number of aryl methyl sites for hydroxylation is 1. The number of nitrogens with two attached hydrogens (primary N) is 1. The van der Waals surface area contributed by atoms with Crippen LogP contribution in [0.4, 0.5) is 0 Å². The predicted molar refractivity (Wildman–Crippen MR) is 64.8 cm³/mol. The molecule has 2 heteroatoms. The van der Waals surface area contributed by atoms with Gasteiger partial charge in [0, 0.05) is 18.8 Å². The molecule has 2 rings (SSSR count). The van der Waals surface area contributed by atoms with Crippen molar-refractivity contribution in [3.8, 4) is 0 Å². The summed E-state index contributed by atoms with van der Waals surface area (Å²) in [4.78, 5) is 0. The van der Waals surface area contributed by atoms with Crippen LogP contribution in [0.15, 0.2) is 30.5 Å². The second-order valence-electron chi connectivity index (χ2n) is 4.08. The molecule has 2 N–H and O–H groups in total. The van der Waals surface area contributed by atoms with E-state index in [9.17, 15) is 0 Å². The first kappa shape index (κ1) is 10.2. The number of benzene rings is 1. The van der Waals surface area contributed by atoms with Crippen molar-refractivity contribution in [2.24, 2.45) is 5.73 Å². The molecule has 0 saturated carbocycles. The molecule has 0 amide bonds. The SMILES string of the molecule is CCCn1ccc2cccc(C(C)N)c21. The van der Waals surface area contributed by atoms with Crippen molar-refractivity contribution in [1.29, 1.82) is 0 Å². The van der Waals surface area contributed by atoms with Crippen molar-refractivity contribution >= 4 is 10.9 Å². The van der Waals surface area contributed by atoms with Crippen molar-refractivity contribution in [3.63, 3.8) is 0 Å². The van der Waals surface area contributed by atoms with Gasteiger partial charge in [0.15, 0.2) is 0 Å². The largest absolute Gasteiger partial charge is 0.347 e. The lowest BCUT2D eigenvalue weighted by Crippen LogP contribution is -2.07. The van der Waals surface area contributed by atoms with Crippen LogP contribution in [0.1, 0.15) is 31.9 Å². The molecule has 1 unspecified atom stereocenters. The molecule has 1 aromatic heterocycles. The van der Waals surface area contributed by atoms with E-state index in [0.29, 0.717) is 0 Å². The fourth-order valence-electron chi connectivity index (χ4n) is 2.09. The maximum atomic E-state index is 5.99. The smallest absolute Gasteiger partial charge is 0.0528 e. The van der Waals surface area contributed by atoms with Crippen molar-refractivity contribution in [3.05, 3.63) is 36.0 Å². The van der Waals surface area contributed by atoms with E-state index in [1.165, 1.54) is 16.5 Å². The quantitative estimate of drug-likeness (QED) is 0.814. The van der Waals surface area contributed by atoms with Crippen LogP contribution in [0.25, 0.3) is 10.9 Å². The highest BCUT2D eigenvalue weighted by atomic mass is 15.0. The third kappa shape index (κ3) is 1.77. The molecule has 80 valence electrons. The summed E-state index contributed by atoms with van der Waals surface area (Å²) >= 11 is 0. The van der Waals surface area contributed by atoms with E-state index in [4.69, 9.17) is 5.73 Å². The lowest BCUT2D eigenvalue weighted by molar-refractivity contribution is 0.696. The predicted octanol–water partition coefficient (Wildman–Crippen LogP) is 3.07. The lowest BCUT2D eigenvalue weighted by atomic mass is 10.1. The van der Waals surface area contributed by atoms with Gasteiger partial charge in [-0.05, 0) is 30.4 Å². The molecule has 0 fully saturated rings. The molecule has 0 aliphatic carbocycles. The van der Waals surface area contributed by atoms with Gasteiger partial charge in [-0.3, -0.25) is 0 Å². The van der Waals surface area contributed by atoms with Crippen LogP contribution in [0.5, 0.6) is 0 Å². The number of aromatic nitrogens is 1. The molecular formula is C13H18N2. The van der Waals surface area contributed by atoms with Crippen molar-refractivity contribution in [1.82, 2.24) is 4.57 Å². The van der Waals surface area contributed by atoms with E-state index in [2.05, 4.69) is 42.0 Å². The van der Waals surface area contributed by atoms with Gasteiger partial charge < -0.3 is 10.3 Å². The van der Waals surface area contributed by atoms with Crippen LogP contribution in [0.2, 0.25) is 0 Å². The van der Waals surface area contributed by atoms with Crippen molar-refractivity contribution < 1.29 is 0 Å². The van der Waals surface area contributed by atoms with Crippen LogP contribution < -0.4 is 5.73 Å². The maximum Gasteiger partial charge on any atom is 0.0528 e. The first-order valence-corrected chi connectivity index (χ1v) is 5.57. The lowest BCUT2D eigenvalue weighted by Gasteiger charge is -2.11. The summed E-state index contributed by atoms with van der Waals surface area (Å²) in [6.45, 7) is 5.30. The van der Waals surface area contributed by atoms with E-state index < -0.39 is 0 Å². The summed E-state index contributed by atoms with van der Waals surface area (Å²) in [6.07, 6.45) is 3.30. The number of hydrogen-bond donors (Lipinski definition) is 1. The zero-order chi connectivity index (χ0) is 10.8. The van der Waals surface area contributed by atoms with E-state index in [0.717, 1.165) is 13.0 Å². The highest BCUT2D eigenvalue weighted by Gasteiger charge is 2.08. The molecule has 0 aliphatic heterocycles. The minimum absolute atomic E-state index is 0.0965. The highest BCUT2D eigenvalue weighted by molar-refractivity contribution is 5.83. The Labute approximate surface area is 90.7 Å². The number of nitrogens with zero attached hydrogens (tertiary/aromatic N) is 1. The minimum atomic E-state index is 0.0965. The zero-order valence-electron chi connectivity index (χ0n) is 9.40. The average Bonchev–Trinajstić information content (AvgIpc) is 2.62. The first-order valence-electron chi connectivity index (χ1n) is 5.57. The zero-order valence-corrected chi connectivity index (χ0v) is 9.40. The Morgan fingerprint density at radius 2 is 2.13 bits per heavy atom. The van der Waals surface area contributed by atoms with Gasteiger partial charge in [-0.25, -0.2) is 0 Å². The van der Waals surface area contributed by atoms with Crippen LogP contribution in [0, 0.1) is 0 Å². The molecule has 0 radical (unpaired) electrons. The number of fused-ring (bicyclic) bond motifs is 1. The van der Waals surface area contributed by atoms with Gasteiger partial charge in [-0.1, -0.05) is 25.1 Å². The van der Waals surface area contributed by atoms with Crippen LogP contribution in [-0.2, 0) is 6.54 Å². The minimum Gasteiger partial charge on any atom is -0.347 e. The average molecular weight is 202 g/mol. The molecular weight excluding hydrogens is 184 g/mol. The fourth-order valence-corrected chi connectivity index (χ4v) is 2.09. The van der Waals surface area contributed by atoms with Gasteiger partial charge in [0.2, 0.25) is 0 Å². The highest BCUT2D eigenvalue weighted by Crippen LogP contribution is 2.24. The van der Waals surface area contributed by atoms with Crippen molar-refractivity contribution in [2.45, 2.75) is 32.9 Å². The third-order valence-electron chi connectivity index (χ3n) is 2.77. The summed E-state index contributed by atoms with van der Waals surface area (Å²) in [7, 11) is 0. The summed E-state index contributed by atoms with van der Waals surface area (Å²) in [5, 5.41) is 1.29. The van der Waals surface area contributed by atoms with E-state index in [1.807, 2.05) is 6.92 Å². The Morgan fingerprint density at radius 3 is 2.80 bits per heavy atom. The summed E-state index contributed by atoms with van der Waals surface area (Å²) in [6, 6.07) is 8.61. The molecule has 1 atom stereocenters. The normalized spacial score (nSPS) is 13.3. The van der Waals surface area contributed by atoms with Gasteiger partial charge in [-0.2, -0.15) is 0 Å². The maximum absolute atomic E-state index is 5.99. The van der Waals surface area contributed by atoms with Crippen LogP contribution in [-0.4, -0.2) is 4.57 Å². The Hall–Kier alpha value is -1.28. The summed E-state index contributed by atoms with van der Waals surface area (Å²) in [5.41, 5.74) is 8.53. The van der Waals surface area contributed by atoms with Gasteiger partial charge >= 0.3 is 0 Å². The van der Waals surface area contributed by atoms with Crippen LogP contribution >= 0.6 is 0 Å². The molecule has 0 bridgehead atoms. The molecule has 2 aromatic rings. The summed E-state index contributed by atoms with van der Waals surface area (Å²) < 4.78 is 2.30. The fraction of sp³-hybridized carbons (Fsp3) is 0.385. The number of rotatable bonds is 3. The molecule has 15 heavy (non-hydrogen) atoms. The van der Waals surface area contributed by atoms with Gasteiger partial charge in [-0.15, -0.1) is 0 Å². The second kappa shape index (κ2) is 4.07. The van der Waals surface area contributed by atoms with E-state index in [-0.39, 0.29) is 6.04 Å². The Bertz CT molecular complexity index is 455. The standard InChI is InChI=1S/C13H18N2/c1-3-8-15-9-7-11-5-4-6-12(10(2)14)13(11)15/h4-7,9-10H,3,8,14H2,1-2H3. The molecule has 1 aromatic carbocycles. The Kier molecular flexibility index (Phi) is 2.78. The van der Waals surface area contributed by atoms with Gasteiger partial charge in [0.25, 0.3) is 0 Å². The Morgan fingerprint density at radius 1 is 1.33 bits per heavy atom. The number of para-hydroxylation sites is 1. The Balaban J connectivity index is 2.63. The molecule has 2 nitrogen and oxygen atoms in total. The van der Waals surface area contributed by atoms with E-state index in [1.54, 1.807) is 0 Å². The third-order valence-corrected chi connectivity index (χ3v) is 2.77. The van der Waals surface area contributed by atoms with E-state index >= 15 is 0 Å². The topological polar surface area (TPSA) is 30.9 Å². The van der Waals surface area contributed by atoms with Gasteiger partial charge in [0.05, 0.1) is 5.52 Å². The molecule has 0 saturated heterocycles. The van der Waals surface area contributed by atoms with Crippen molar-refractivity contribution in [2.75, 3.05) is 0 Å². The van der Waals surface area contributed by atoms with Gasteiger partial charge in [0.1, 0.15) is 0 Å². The second-order valence-corrected chi connectivity index (χ2v) is 4.08. The first-order chi connectivity index (χ1) is 7.24. The molecule has 0 spiro atoms. The molecule has 0 aliphatic rings. The number of hydrogen-bond acceptors (Lipinski definition) is 1. The van der Waals surface area contributed by atoms with Crippen LogP contribution in [0.3, 0.4) is 0 Å².